The Morgan fingerprint density at radius 1 is 0.278 bits per heavy atom. The Labute approximate surface area is 421 Å². The first-order chi connectivity index (χ1) is 35.7. The molecule has 0 aliphatic heterocycles. The molecule has 72 heavy (non-hydrogen) atoms. The van der Waals surface area contributed by atoms with Gasteiger partial charge in [-0.15, -0.1) is 0 Å². The zero-order chi connectivity index (χ0) is 47.8. The van der Waals surface area contributed by atoms with E-state index >= 15 is 0 Å². The lowest BCUT2D eigenvalue weighted by Gasteiger charge is -2.33. The van der Waals surface area contributed by atoms with Crippen LogP contribution in [0.2, 0.25) is 0 Å². The monoisotopic (exact) mass is 915 g/mol. The fraction of sp³-hybridized carbons (Fsp3) is 0.0141. The van der Waals surface area contributed by atoms with Crippen molar-refractivity contribution in [1.82, 2.24) is 0 Å². The maximum absolute atomic E-state index is 2.41. The highest BCUT2D eigenvalue weighted by Gasteiger charge is 2.46. The Hall–Kier alpha value is -9.30. The van der Waals surface area contributed by atoms with Crippen LogP contribution in [-0.2, 0) is 5.41 Å². The van der Waals surface area contributed by atoms with E-state index in [1.54, 1.807) is 0 Å². The van der Waals surface area contributed by atoms with Gasteiger partial charge in [-0.05, 0) is 148 Å². The van der Waals surface area contributed by atoms with E-state index in [1.165, 1.54) is 93.9 Å². The highest BCUT2D eigenvalue weighted by molar-refractivity contribution is 6.13. The predicted molar refractivity (Wildman–Crippen MR) is 305 cm³/mol. The number of benzene rings is 12. The van der Waals surface area contributed by atoms with Crippen molar-refractivity contribution < 1.29 is 0 Å². The molecule has 0 radical (unpaired) electrons. The first kappa shape index (κ1) is 42.8. The zero-order valence-electron chi connectivity index (χ0n) is 39.7. The van der Waals surface area contributed by atoms with Crippen LogP contribution in [0.3, 0.4) is 0 Å². The zero-order valence-corrected chi connectivity index (χ0v) is 39.7. The van der Waals surface area contributed by atoms with Gasteiger partial charge in [0.1, 0.15) is 0 Å². The fourth-order valence-corrected chi connectivity index (χ4v) is 11.4. The van der Waals surface area contributed by atoms with Crippen molar-refractivity contribution >= 4 is 50.8 Å². The largest absolute Gasteiger partial charge is 0.311 e. The lowest BCUT2D eigenvalue weighted by molar-refractivity contribution is 0.768. The molecule has 1 aliphatic carbocycles. The summed E-state index contributed by atoms with van der Waals surface area (Å²) in [5.74, 6) is 0. The summed E-state index contributed by atoms with van der Waals surface area (Å²) in [7, 11) is 0. The maximum Gasteiger partial charge on any atom is 0.0713 e. The summed E-state index contributed by atoms with van der Waals surface area (Å²) in [6, 6.07) is 104. The molecule has 1 heteroatoms. The minimum Gasteiger partial charge on any atom is -0.311 e. The molecule has 13 rings (SSSR count). The molecule has 338 valence electrons. The Kier molecular flexibility index (Phi) is 10.8. The Bertz CT molecular complexity index is 3890. The number of nitrogens with zero attached hydrogens (tertiary/aromatic N) is 1. The van der Waals surface area contributed by atoms with Crippen LogP contribution in [0.5, 0.6) is 0 Å². The molecule has 1 nitrogen and oxygen atoms in total. The van der Waals surface area contributed by atoms with Gasteiger partial charge < -0.3 is 4.90 Å². The molecular weight excluding hydrogens is 867 g/mol. The van der Waals surface area contributed by atoms with Gasteiger partial charge in [0, 0.05) is 17.1 Å². The van der Waals surface area contributed by atoms with Crippen molar-refractivity contribution in [3.63, 3.8) is 0 Å². The molecule has 0 saturated carbocycles. The van der Waals surface area contributed by atoms with Crippen molar-refractivity contribution in [3.8, 4) is 44.5 Å². The van der Waals surface area contributed by atoms with E-state index in [0.717, 1.165) is 22.6 Å². The van der Waals surface area contributed by atoms with Crippen molar-refractivity contribution in [2.75, 3.05) is 4.90 Å². The molecule has 0 heterocycles. The summed E-state index contributed by atoms with van der Waals surface area (Å²) in [6.07, 6.45) is 4.44. The van der Waals surface area contributed by atoms with E-state index in [-0.39, 0.29) is 0 Å². The smallest absolute Gasteiger partial charge is 0.0713 e. The molecule has 0 unspecified atom stereocenters. The average molecular weight is 916 g/mol. The second-order valence-electron chi connectivity index (χ2n) is 18.8. The van der Waals surface area contributed by atoms with Crippen LogP contribution < -0.4 is 4.90 Å². The number of anilines is 3. The van der Waals surface area contributed by atoms with Crippen molar-refractivity contribution in [2.45, 2.75) is 5.41 Å². The quantitative estimate of drug-likeness (QED) is 0.0976. The molecule has 0 saturated heterocycles. The topological polar surface area (TPSA) is 3.24 Å². The van der Waals surface area contributed by atoms with Crippen LogP contribution in [0, 0.1) is 0 Å². The van der Waals surface area contributed by atoms with Crippen LogP contribution >= 0.6 is 0 Å². The van der Waals surface area contributed by atoms with Crippen molar-refractivity contribution in [3.05, 3.63) is 318 Å². The molecule has 0 amide bonds. The second-order valence-corrected chi connectivity index (χ2v) is 18.8. The molecule has 12 aromatic rings. The van der Waals surface area contributed by atoms with Crippen molar-refractivity contribution in [1.29, 1.82) is 0 Å². The van der Waals surface area contributed by atoms with Crippen LogP contribution in [0.15, 0.2) is 285 Å². The molecule has 0 atom stereocenters. The van der Waals surface area contributed by atoms with E-state index in [4.69, 9.17) is 0 Å². The summed E-state index contributed by atoms with van der Waals surface area (Å²) in [5, 5.41) is 5.05. The third-order valence-electron chi connectivity index (χ3n) is 14.8. The number of rotatable bonds is 10. The lowest BCUT2D eigenvalue weighted by atomic mass is 9.67. The van der Waals surface area contributed by atoms with Gasteiger partial charge in [-0.25, -0.2) is 0 Å². The third-order valence-corrected chi connectivity index (χ3v) is 14.8. The highest BCUT2D eigenvalue weighted by Crippen LogP contribution is 2.56. The first-order valence-corrected chi connectivity index (χ1v) is 24.9. The van der Waals surface area contributed by atoms with E-state index in [1.807, 2.05) is 0 Å². The van der Waals surface area contributed by atoms with Crippen LogP contribution in [0.4, 0.5) is 17.1 Å². The van der Waals surface area contributed by atoms with Gasteiger partial charge in [0.2, 0.25) is 0 Å². The minimum atomic E-state index is -0.424. The van der Waals surface area contributed by atoms with Gasteiger partial charge in [0.05, 0.1) is 5.41 Å². The lowest BCUT2D eigenvalue weighted by Crippen LogP contribution is -2.28. The van der Waals surface area contributed by atoms with Gasteiger partial charge in [0.15, 0.2) is 0 Å². The second kappa shape index (κ2) is 18.2. The maximum atomic E-state index is 2.41. The molecule has 12 aromatic carbocycles. The molecule has 0 aromatic heterocycles. The van der Waals surface area contributed by atoms with Crippen LogP contribution in [0.1, 0.15) is 33.4 Å². The molecule has 0 N–H and O–H groups in total. The molecule has 0 spiro atoms. The van der Waals surface area contributed by atoms with Crippen molar-refractivity contribution in [2.24, 2.45) is 0 Å². The number of hydrogen-bond acceptors (Lipinski definition) is 1. The first-order valence-electron chi connectivity index (χ1n) is 24.9. The Morgan fingerprint density at radius 3 is 1.44 bits per heavy atom. The summed E-state index contributed by atoms with van der Waals surface area (Å²) in [5.41, 5.74) is 20.1. The van der Waals surface area contributed by atoms with E-state index in [0.29, 0.717) is 0 Å². The number of fused-ring (bicyclic) bond motifs is 6. The molecule has 0 fully saturated rings. The summed E-state index contributed by atoms with van der Waals surface area (Å²) >= 11 is 0. The van der Waals surface area contributed by atoms with Gasteiger partial charge in [-0.1, -0.05) is 249 Å². The fourth-order valence-electron chi connectivity index (χ4n) is 11.4. The minimum absolute atomic E-state index is 0.424. The van der Waals surface area contributed by atoms with Gasteiger partial charge >= 0.3 is 0 Å². The van der Waals surface area contributed by atoms with Gasteiger partial charge in [-0.3, -0.25) is 0 Å². The van der Waals surface area contributed by atoms with E-state index in [9.17, 15) is 0 Å². The summed E-state index contributed by atoms with van der Waals surface area (Å²) in [4.78, 5) is 2.37. The highest BCUT2D eigenvalue weighted by atomic mass is 15.1. The van der Waals surface area contributed by atoms with E-state index < -0.39 is 5.41 Å². The summed E-state index contributed by atoms with van der Waals surface area (Å²) in [6.45, 7) is 0. The Balaban J connectivity index is 0.881. The molecule has 0 bridgehead atoms. The Morgan fingerprint density at radius 2 is 0.764 bits per heavy atom. The van der Waals surface area contributed by atoms with Crippen LogP contribution in [-0.4, -0.2) is 0 Å². The summed E-state index contributed by atoms with van der Waals surface area (Å²) < 4.78 is 0. The molecule has 1 aliphatic rings. The number of hydrogen-bond donors (Lipinski definition) is 0. The van der Waals surface area contributed by atoms with Gasteiger partial charge in [0.25, 0.3) is 0 Å². The SMILES string of the molecule is C(=C\c1ccccc1-c1ccccc1)/c1ccc(N(c2ccc(-c3ccc4c(c3)-c3ccccc3C4(c3ccccc3)c3ccccc3)cc2)c2ccc(-c3cc4ccccc4c4ccccc34)cc2)cc1. The van der Waals surface area contributed by atoms with E-state index in [2.05, 4.69) is 302 Å². The standard InChI is InChI=1S/C71H49N/c1-4-18-52(19-5-1)62-26-12-10-20-53(62)35-32-50-33-41-59(42-34-50)72(61-45-38-54(39-46-61)67-49-56-21-11-13-27-63(56)64-28-14-15-29-65(64)67)60-43-36-51(37-44-60)55-40-47-70-68(48-55)66-30-16-17-31-69(66)71(70,57-22-6-2-7-23-57)58-24-8-3-9-25-58/h1-49H/b35-32+. The average Bonchev–Trinajstić information content (AvgIpc) is 3.76. The molecular formula is C71H49N. The van der Waals surface area contributed by atoms with Crippen LogP contribution in [0.25, 0.3) is 78.2 Å². The predicted octanol–water partition coefficient (Wildman–Crippen LogP) is 19.0. The van der Waals surface area contributed by atoms with Gasteiger partial charge in [-0.2, -0.15) is 0 Å². The third kappa shape index (κ3) is 7.42. The normalized spacial score (nSPS) is 12.5.